The number of aliphatic imine (C=N–C) groups is 2. The molecule has 5 nitrogen and oxygen atoms in total. The average Bonchev–Trinajstić information content (AvgIpc) is 3.10. The number of hydrogen-bond donors (Lipinski definition) is 2. The van der Waals surface area contributed by atoms with Crippen molar-refractivity contribution in [1.82, 2.24) is 0 Å². The summed E-state index contributed by atoms with van der Waals surface area (Å²) in [5.41, 5.74) is 4.72. The first-order chi connectivity index (χ1) is 14.7. The van der Waals surface area contributed by atoms with Gasteiger partial charge in [-0.3, -0.25) is 4.79 Å². The fraction of sp³-hybridized carbons (Fsp3) is 0.0417. The smallest absolute Gasteiger partial charge is 0.275 e. The van der Waals surface area contributed by atoms with E-state index in [0.29, 0.717) is 10.9 Å². The van der Waals surface area contributed by atoms with Crippen molar-refractivity contribution in [1.29, 1.82) is 0 Å². The van der Waals surface area contributed by atoms with E-state index < -0.39 is 0 Å². The molecule has 0 bridgehead atoms. The van der Waals surface area contributed by atoms with Crippen LogP contribution >= 0.6 is 11.8 Å². The zero-order valence-corrected chi connectivity index (χ0v) is 16.6. The lowest BCUT2D eigenvalue weighted by atomic mass is 10.1. The van der Waals surface area contributed by atoms with Gasteiger partial charge in [-0.1, -0.05) is 72.4 Å². The molecule has 1 amide bonds. The zero-order chi connectivity index (χ0) is 20.5. The Labute approximate surface area is 177 Å². The van der Waals surface area contributed by atoms with Crippen LogP contribution in [0.15, 0.2) is 94.9 Å². The van der Waals surface area contributed by atoms with Crippen molar-refractivity contribution >= 4 is 39.9 Å². The number of amides is 1. The number of carbonyl (C=O) groups excluding carboxylic acids is 1. The van der Waals surface area contributed by atoms with E-state index in [-0.39, 0.29) is 16.9 Å². The maximum Gasteiger partial charge on any atom is 0.275 e. The maximum atomic E-state index is 12.5. The average molecular weight is 411 g/mol. The van der Waals surface area contributed by atoms with Crippen LogP contribution in [0.25, 0.3) is 5.70 Å². The highest BCUT2D eigenvalue weighted by Crippen LogP contribution is 2.40. The summed E-state index contributed by atoms with van der Waals surface area (Å²) in [4.78, 5) is 21.9. The molecule has 1 unspecified atom stereocenters. The standard InChI is InChI=1S/C24H17N3O2S/c28-17-12-10-16(11-13-17)21-14-20(15-6-2-1-3-7-15)26-24(30-21)27-22-18-8-4-5-9-19(18)25-23(22)29/h1-14,21,28H,(H,25,26,27,29). The second kappa shape index (κ2) is 7.65. The van der Waals surface area contributed by atoms with Crippen LogP contribution in [-0.2, 0) is 4.79 Å². The first-order valence-electron chi connectivity index (χ1n) is 9.48. The van der Waals surface area contributed by atoms with E-state index >= 15 is 0 Å². The number of phenolic OH excluding ortho intramolecular Hbond substituents is 1. The molecule has 0 fully saturated rings. The topological polar surface area (TPSA) is 74.0 Å². The molecule has 0 saturated heterocycles. The fourth-order valence-corrected chi connectivity index (χ4v) is 4.43. The summed E-state index contributed by atoms with van der Waals surface area (Å²) in [5, 5.41) is 13.0. The van der Waals surface area contributed by atoms with Crippen LogP contribution in [0.3, 0.4) is 0 Å². The van der Waals surface area contributed by atoms with Gasteiger partial charge in [0.15, 0.2) is 5.17 Å². The van der Waals surface area contributed by atoms with Crippen molar-refractivity contribution in [2.45, 2.75) is 5.25 Å². The second-order valence-corrected chi connectivity index (χ2v) is 8.01. The van der Waals surface area contributed by atoms with Crippen LogP contribution < -0.4 is 5.32 Å². The number of benzene rings is 3. The maximum absolute atomic E-state index is 12.5. The molecule has 0 spiro atoms. The molecule has 2 N–H and O–H groups in total. The van der Waals surface area contributed by atoms with E-state index in [1.807, 2.05) is 66.7 Å². The molecule has 2 aliphatic rings. The normalized spacial score (nSPS) is 19.1. The van der Waals surface area contributed by atoms with E-state index in [4.69, 9.17) is 4.99 Å². The Morgan fingerprint density at radius 1 is 0.933 bits per heavy atom. The van der Waals surface area contributed by atoms with Crippen LogP contribution in [0.4, 0.5) is 5.69 Å². The summed E-state index contributed by atoms with van der Waals surface area (Å²) in [5.74, 6) is -0.00307. The third kappa shape index (κ3) is 3.53. The first kappa shape index (κ1) is 18.4. The summed E-state index contributed by atoms with van der Waals surface area (Å²) in [6.07, 6.45) is 2.08. The summed E-state index contributed by atoms with van der Waals surface area (Å²) in [6.45, 7) is 0. The molecule has 0 radical (unpaired) electrons. The number of nitrogens with zero attached hydrogens (tertiary/aromatic N) is 2. The second-order valence-electron chi connectivity index (χ2n) is 6.90. The minimum Gasteiger partial charge on any atom is -0.508 e. The zero-order valence-electron chi connectivity index (χ0n) is 15.8. The van der Waals surface area contributed by atoms with E-state index in [0.717, 1.165) is 28.1 Å². The number of thioether (sulfide) groups is 1. The SMILES string of the molecule is O=C1Nc2ccccc2C1=NC1=NC(c2ccccc2)=CC(c2ccc(O)cc2)S1. The van der Waals surface area contributed by atoms with Gasteiger partial charge >= 0.3 is 0 Å². The van der Waals surface area contributed by atoms with Crippen molar-refractivity contribution in [2.24, 2.45) is 9.98 Å². The van der Waals surface area contributed by atoms with Gasteiger partial charge in [0.2, 0.25) is 0 Å². The Bertz CT molecular complexity index is 1210. The number of carbonyl (C=O) groups is 1. The van der Waals surface area contributed by atoms with Gasteiger partial charge in [0.1, 0.15) is 11.5 Å². The number of para-hydroxylation sites is 1. The number of rotatable bonds is 2. The number of nitrogens with one attached hydrogen (secondary N) is 1. The molecular weight excluding hydrogens is 394 g/mol. The third-order valence-corrected chi connectivity index (χ3v) is 5.96. The lowest BCUT2D eigenvalue weighted by Gasteiger charge is -2.19. The molecule has 1 atom stereocenters. The first-order valence-corrected chi connectivity index (χ1v) is 10.4. The number of anilines is 1. The van der Waals surface area contributed by atoms with Crippen molar-refractivity contribution in [3.05, 3.63) is 102 Å². The molecule has 30 heavy (non-hydrogen) atoms. The van der Waals surface area contributed by atoms with Crippen LogP contribution in [0.1, 0.15) is 21.9 Å². The van der Waals surface area contributed by atoms with Gasteiger partial charge in [0.05, 0.1) is 16.6 Å². The summed E-state index contributed by atoms with van der Waals surface area (Å²) in [6, 6.07) is 24.5. The Morgan fingerprint density at radius 2 is 1.67 bits per heavy atom. The van der Waals surface area contributed by atoms with Gasteiger partial charge in [-0.25, -0.2) is 9.98 Å². The van der Waals surface area contributed by atoms with Gasteiger partial charge in [-0.2, -0.15) is 0 Å². The van der Waals surface area contributed by atoms with Gasteiger partial charge in [-0.15, -0.1) is 0 Å². The molecule has 6 heteroatoms. The molecule has 2 aliphatic heterocycles. The largest absolute Gasteiger partial charge is 0.508 e. The van der Waals surface area contributed by atoms with Crippen molar-refractivity contribution in [3.63, 3.8) is 0 Å². The van der Waals surface area contributed by atoms with Crippen molar-refractivity contribution in [3.8, 4) is 5.75 Å². The highest BCUT2D eigenvalue weighted by molar-refractivity contribution is 8.14. The summed E-state index contributed by atoms with van der Waals surface area (Å²) >= 11 is 1.48. The Hall–Kier alpha value is -3.64. The molecule has 146 valence electrons. The molecule has 0 aromatic heterocycles. The molecule has 0 saturated carbocycles. The van der Waals surface area contributed by atoms with Crippen molar-refractivity contribution in [2.75, 3.05) is 5.32 Å². The van der Waals surface area contributed by atoms with Crippen molar-refractivity contribution < 1.29 is 9.90 Å². The number of hydrogen-bond acceptors (Lipinski definition) is 5. The monoisotopic (exact) mass is 411 g/mol. The van der Waals surface area contributed by atoms with E-state index in [1.54, 1.807) is 12.1 Å². The van der Waals surface area contributed by atoms with E-state index in [9.17, 15) is 9.90 Å². The molecule has 0 aliphatic carbocycles. The minimum absolute atomic E-state index is 0.0441. The van der Waals surface area contributed by atoms with Crippen LogP contribution in [0.2, 0.25) is 0 Å². The van der Waals surface area contributed by atoms with E-state index in [1.165, 1.54) is 11.8 Å². The molecule has 3 aromatic rings. The van der Waals surface area contributed by atoms with E-state index in [2.05, 4.69) is 16.4 Å². The highest BCUT2D eigenvalue weighted by atomic mass is 32.2. The van der Waals surface area contributed by atoms with Gasteiger partial charge < -0.3 is 10.4 Å². The number of amidine groups is 1. The Morgan fingerprint density at radius 3 is 2.47 bits per heavy atom. The predicted molar refractivity (Wildman–Crippen MR) is 122 cm³/mol. The Balaban J connectivity index is 1.58. The van der Waals surface area contributed by atoms with Gasteiger partial charge in [-0.05, 0) is 35.4 Å². The fourth-order valence-electron chi connectivity index (χ4n) is 3.42. The summed E-state index contributed by atoms with van der Waals surface area (Å²) < 4.78 is 0. The molecule has 3 aromatic carbocycles. The van der Waals surface area contributed by atoms with Gasteiger partial charge in [0, 0.05) is 5.56 Å². The lowest BCUT2D eigenvalue weighted by Crippen LogP contribution is -2.16. The number of fused-ring (bicyclic) bond motifs is 1. The molecule has 2 heterocycles. The highest BCUT2D eigenvalue weighted by Gasteiger charge is 2.28. The third-order valence-electron chi connectivity index (χ3n) is 4.90. The number of phenols is 1. The quantitative estimate of drug-likeness (QED) is 0.622. The number of aromatic hydroxyl groups is 1. The molecular formula is C24H17N3O2S. The van der Waals surface area contributed by atoms with Crippen LogP contribution in [0.5, 0.6) is 5.75 Å². The minimum atomic E-state index is -0.225. The van der Waals surface area contributed by atoms with Crippen LogP contribution in [-0.4, -0.2) is 21.9 Å². The molecule has 5 rings (SSSR count). The summed E-state index contributed by atoms with van der Waals surface area (Å²) in [7, 11) is 0. The Kier molecular flexibility index (Phi) is 4.69. The predicted octanol–water partition coefficient (Wildman–Crippen LogP) is 5.02. The lowest BCUT2D eigenvalue weighted by molar-refractivity contribution is -0.110. The van der Waals surface area contributed by atoms with Gasteiger partial charge in [0.25, 0.3) is 5.91 Å². The van der Waals surface area contributed by atoms with Crippen LogP contribution in [0, 0.1) is 0 Å².